The van der Waals surface area contributed by atoms with Gasteiger partial charge in [-0.2, -0.15) is 0 Å². The molecular formula is C4H4ClO2-. The molecule has 0 atom stereocenters. The summed E-state index contributed by atoms with van der Waals surface area (Å²) >= 11 is 5.11. The van der Waals surface area contributed by atoms with Gasteiger partial charge in [-0.15, -0.1) is 0 Å². The Labute approximate surface area is 46.4 Å². The van der Waals surface area contributed by atoms with E-state index in [2.05, 4.69) is 0 Å². The molecule has 2 nitrogen and oxygen atoms in total. The highest BCUT2D eigenvalue weighted by atomic mass is 35.5. The number of carbonyl (C=O) groups excluding carboxylic acids is 1. The highest BCUT2D eigenvalue weighted by Crippen LogP contribution is 1.94. The molecule has 0 aliphatic heterocycles. The number of rotatable bonds is 1. The fraction of sp³-hybridized carbons (Fsp3) is 0.250. The van der Waals surface area contributed by atoms with Crippen LogP contribution in [0, 0.1) is 0 Å². The molecule has 0 saturated heterocycles. The van der Waals surface area contributed by atoms with Crippen LogP contribution >= 0.6 is 11.6 Å². The van der Waals surface area contributed by atoms with Crippen molar-refractivity contribution in [2.75, 3.05) is 0 Å². The topological polar surface area (TPSA) is 40.1 Å². The molecule has 7 heavy (non-hydrogen) atoms. The second kappa shape index (κ2) is 2.64. The monoisotopic (exact) mass is 119 g/mol. The van der Waals surface area contributed by atoms with Crippen LogP contribution in [0.4, 0.5) is 0 Å². The molecule has 0 saturated carbocycles. The number of carboxylic acids is 1. The van der Waals surface area contributed by atoms with Crippen molar-refractivity contribution in [1.29, 1.82) is 0 Å². The van der Waals surface area contributed by atoms with E-state index < -0.39 is 5.97 Å². The van der Waals surface area contributed by atoms with Gasteiger partial charge in [0.15, 0.2) is 0 Å². The molecule has 0 unspecified atom stereocenters. The molecule has 0 fully saturated rings. The van der Waals surface area contributed by atoms with Gasteiger partial charge in [0.25, 0.3) is 0 Å². The fourth-order valence-electron chi connectivity index (χ4n) is 0.162. The minimum atomic E-state index is -1.26. The Bertz CT molecular complexity index is 102. The minimum absolute atomic E-state index is 0.222. The standard InChI is InChI=1S/C4H5ClO2/c1-3(5)2-4(6)7/h2H,1H3,(H,6,7)/p-1/b3-2-. The molecule has 40 valence electrons. The van der Waals surface area contributed by atoms with Crippen molar-refractivity contribution in [2.45, 2.75) is 6.92 Å². The van der Waals surface area contributed by atoms with Crippen molar-refractivity contribution >= 4 is 17.6 Å². The van der Waals surface area contributed by atoms with Crippen molar-refractivity contribution in [3.63, 3.8) is 0 Å². The van der Waals surface area contributed by atoms with Crippen molar-refractivity contribution in [3.05, 3.63) is 11.1 Å². The Balaban J connectivity index is 3.68. The molecule has 0 bridgehead atoms. The van der Waals surface area contributed by atoms with Gasteiger partial charge in [0.2, 0.25) is 0 Å². The Hall–Kier alpha value is -0.500. The van der Waals surface area contributed by atoms with Gasteiger partial charge in [-0.1, -0.05) is 11.6 Å². The van der Waals surface area contributed by atoms with Gasteiger partial charge in [-0.25, -0.2) is 0 Å². The summed E-state index contributed by atoms with van der Waals surface area (Å²) in [6, 6.07) is 0. The van der Waals surface area contributed by atoms with Gasteiger partial charge in [0, 0.05) is 5.03 Å². The zero-order valence-electron chi connectivity index (χ0n) is 3.77. The van der Waals surface area contributed by atoms with E-state index >= 15 is 0 Å². The third-order valence-corrected chi connectivity index (χ3v) is 0.426. The van der Waals surface area contributed by atoms with Crippen LogP contribution in [-0.2, 0) is 4.79 Å². The normalized spacial score (nSPS) is 11.4. The number of allylic oxidation sites excluding steroid dienone is 1. The average molecular weight is 120 g/mol. The number of hydrogen-bond donors (Lipinski definition) is 0. The molecule has 0 aromatic rings. The fourth-order valence-corrected chi connectivity index (χ4v) is 0.251. The van der Waals surface area contributed by atoms with E-state index in [-0.39, 0.29) is 5.03 Å². The highest BCUT2D eigenvalue weighted by molar-refractivity contribution is 6.30. The summed E-state index contributed by atoms with van der Waals surface area (Å²) in [5.74, 6) is -1.26. The predicted octanol–water partition coefficient (Wildman–Crippen LogP) is -0.121. The Morgan fingerprint density at radius 3 is 2.29 bits per heavy atom. The average Bonchev–Trinajstić information content (AvgIpc) is 1.27. The first kappa shape index (κ1) is 6.50. The van der Waals surface area contributed by atoms with Crippen molar-refractivity contribution in [2.24, 2.45) is 0 Å². The van der Waals surface area contributed by atoms with Crippen LogP contribution in [0.5, 0.6) is 0 Å². The zero-order valence-corrected chi connectivity index (χ0v) is 4.53. The van der Waals surface area contributed by atoms with Crippen LogP contribution in [0.1, 0.15) is 6.92 Å². The molecule has 0 aromatic carbocycles. The van der Waals surface area contributed by atoms with Gasteiger partial charge in [-0.05, 0) is 13.0 Å². The van der Waals surface area contributed by atoms with Gasteiger partial charge < -0.3 is 9.90 Å². The zero-order chi connectivity index (χ0) is 5.86. The molecule has 0 N–H and O–H groups in total. The molecule has 3 heteroatoms. The summed E-state index contributed by atoms with van der Waals surface area (Å²) in [6.45, 7) is 1.47. The third-order valence-electron chi connectivity index (χ3n) is 0.317. The smallest absolute Gasteiger partial charge is 0.0654 e. The van der Waals surface area contributed by atoms with Gasteiger partial charge in [-0.3, -0.25) is 0 Å². The predicted molar refractivity (Wildman–Crippen MR) is 24.6 cm³/mol. The first-order valence-corrected chi connectivity index (χ1v) is 2.05. The maximum Gasteiger partial charge on any atom is 0.0654 e. The van der Waals surface area contributed by atoms with Crippen LogP contribution in [0.25, 0.3) is 0 Å². The lowest BCUT2D eigenvalue weighted by Gasteiger charge is -1.88. The van der Waals surface area contributed by atoms with Crippen molar-refractivity contribution in [3.8, 4) is 0 Å². The Morgan fingerprint density at radius 1 is 1.86 bits per heavy atom. The van der Waals surface area contributed by atoms with E-state index in [9.17, 15) is 9.90 Å². The largest absolute Gasteiger partial charge is 0.545 e. The van der Waals surface area contributed by atoms with E-state index in [0.717, 1.165) is 6.08 Å². The van der Waals surface area contributed by atoms with E-state index in [1.165, 1.54) is 6.92 Å². The first-order chi connectivity index (χ1) is 3.13. The van der Waals surface area contributed by atoms with E-state index in [4.69, 9.17) is 11.6 Å². The maximum atomic E-state index is 9.54. The van der Waals surface area contributed by atoms with Crippen LogP contribution in [0.3, 0.4) is 0 Å². The van der Waals surface area contributed by atoms with Gasteiger partial charge >= 0.3 is 0 Å². The summed E-state index contributed by atoms with van der Waals surface area (Å²) in [7, 11) is 0. The SMILES string of the molecule is C/C(Cl)=C/C(=O)[O-]. The lowest BCUT2D eigenvalue weighted by atomic mass is 10.5. The molecule has 0 amide bonds. The van der Waals surface area contributed by atoms with E-state index in [0.29, 0.717) is 0 Å². The molecule has 0 aliphatic carbocycles. The van der Waals surface area contributed by atoms with Crippen LogP contribution < -0.4 is 5.11 Å². The van der Waals surface area contributed by atoms with Crippen LogP contribution in [-0.4, -0.2) is 5.97 Å². The highest BCUT2D eigenvalue weighted by Gasteiger charge is 1.75. The minimum Gasteiger partial charge on any atom is -0.545 e. The number of carboxylic acid groups (broad SMARTS) is 1. The molecule has 0 aromatic heterocycles. The molecule has 0 heterocycles. The number of carbonyl (C=O) groups is 1. The van der Waals surface area contributed by atoms with E-state index in [1.807, 2.05) is 0 Å². The van der Waals surface area contributed by atoms with Crippen molar-refractivity contribution < 1.29 is 9.90 Å². The van der Waals surface area contributed by atoms with Gasteiger partial charge in [0.05, 0.1) is 5.97 Å². The Morgan fingerprint density at radius 2 is 2.29 bits per heavy atom. The third kappa shape index (κ3) is 5.50. The lowest BCUT2D eigenvalue weighted by Crippen LogP contribution is -2.18. The van der Waals surface area contributed by atoms with Gasteiger partial charge in [0.1, 0.15) is 0 Å². The second-order valence-corrected chi connectivity index (χ2v) is 1.65. The van der Waals surface area contributed by atoms with Crippen LogP contribution in [0.15, 0.2) is 11.1 Å². The summed E-state index contributed by atoms with van der Waals surface area (Å²) in [5, 5.41) is 9.76. The Kier molecular flexibility index (Phi) is 2.45. The molecule has 0 aliphatic rings. The number of hydrogen-bond acceptors (Lipinski definition) is 2. The van der Waals surface area contributed by atoms with Crippen LogP contribution in [0.2, 0.25) is 0 Å². The second-order valence-electron chi connectivity index (χ2n) is 1.05. The van der Waals surface area contributed by atoms with E-state index in [1.54, 1.807) is 0 Å². The number of aliphatic carboxylic acids is 1. The molecule has 0 spiro atoms. The molecule has 0 rings (SSSR count). The summed E-state index contributed by atoms with van der Waals surface area (Å²) < 4.78 is 0. The first-order valence-electron chi connectivity index (χ1n) is 1.67. The van der Waals surface area contributed by atoms with Crippen molar-refractivity contribution in [1.82, 2.24) is 0 Å². The molecule has 0 radical (unpaired) electrons. The quantitative estimate of drug-likeness (QED) is 0.452. The lowest BCUT2D eigenvalue weighted by molar-refractivity contribution is -0.297. The molecular weight excluding hydrogens is 115 g/mol. The summed E-state index contributed by atoms with van der Waals surface area (Å²) in [6.07, 6.45) is 0.821. The summed E-state index contributed by atoms with van der Waals surface area (Å²) in [5.41, 5.74) is 0. The summed E-state index contributed by atoms with van der Waals surface area (Å²) in [4.78, 5) is 9.54. The maximum absolute atomic E-state index is 9.54. The number of halogens is 1.